The van der Waals surface area contributed by atoms with E-state index in [1.807, 2.05) is 11.9 Å². The molecule has 1 heterocycles. The second kappa shape index (κ2) is 6.21. The Morgan fingerprint density at radius 1 is 1.50 bits per heavy atom. The number of hydrogen-bond acceptors (Lipinski definition) is 3. The third-order valence-corrected chi connectivity index (χ3v) is 3.57. The van der Waals surface area contributed by atoms with Crippen LogP contribution < -0.4 is 5.73 Å². The normalized spacial score (nSPS) is 25.6. The van der Waals surface area contributed by atoms with E-state index in [1.54, 1.807) is 0 Å². The fourth-order valence-electron chi connectivity index (χ4n) is 2.30. The van der Waals surface area contributed by atoms with Crippen molar-refractivity contribution in [2.24, 2.45) is 5.73 Å². The Labute approximate surface area is 98.8 Å². The molecule has 0 aromatic heterocycles. The largest absolute Gasteiger partial charge is 0.339 e. The van der Waals surface area contributed by atoms with Crippen LogP contribution in [0.5, 0.6) is 0 Å². The monoisotopic (exact) mass is 227 g/mol. The smallest absolute Gasteiger partial charge is 0.240 e. The van der Waals surface area contributed by atoms with Gasteiger partial charge in [0, 0.05) is 19.1 Å². The number of nitrogens with two attached hydrogens (primary N) is 1. The van der Waals surface area contributed by atoms with Crippen molar-refractivity contribution in [3.8, 4) is 0 Å². The summed E-state index contributed by atoms with van der Waals surface area (Å²) in [6.07, 6.45) is 2.85. The molecule has 4 heteroatoms. The van der Waals surface area contributed by atoms with Gasteiger partial charge >= 0.3 is 0 Å². The van der Waals surface area contributed by atoms with Crippen LogP contribution in [0.1, 0.15) is 33.1 Å². The van der Waals surface area contributed by atoms with Crippen molar-refractivity contribution >= 4 is 5.91 Å². The molecule has 1 aliphatic heterocycles. The van der Waals surface area contributed by atoms with E-state index in [9.17, 15) is 4.79 Å². The molecule has 1 rings (SSSR count). The van der Waals surface area contributed by atoms with Crippen LogP contribution in [0.25, 0.3) is 0 Å². The summed E-state index contributed by atoms with van der Waals surface area (Å²) in [6.45, 7) is 6.71. The quantitative estimate of drug-likeness (QED) is 0.768. The topological polar surface area (TPSA) is 49.6 Å². The highest BCUT2D eigenvalue weighted by Gasteiger charge is 2.31. The molecule has 0 aromatic carbocycles. The summed E-state index contributed by atoms with van der Waals surface area (Å²) < 4.78 is 0. The first-order valence-electron chi connectivity index (χ1n) is 6.32. The second-order valence-electron chi connectivity index (χ2n) is 4.72. The lowest BCUT2D eigenvalue weighted by Gasteiger charge is -2.31. The summed E-state index contributed by atoms with van der Waals surface area (Å²) in [5.41, 5.74) is 5.59. The van der Waals surface area contributed by atoms with E-state index in [4.69, 9.17) is 5.73 Å². The lowest BCUT2D eigenvalue weighted by molar-refractivity contribution is -0.137. The van der Waals surface area contributed by atoms with E-state index in [1.165, 1.54) is 0 Å². The number of carbonyl (C=O) groups is 1. The molecule has 2 unspecified atom stereocenters. The molecule has 0 bridgehead atoms. The van der Waals surface area contributed by atoms with Gasteiger partial charge in [-0.2, -0.15) is 0 Å². The molecule has 0 spiro atoms. The Hall–Kier alpha value is -0.610. The third kappa shape index (κ3) is 2.95. The highest BCUT2D eigenvalue weighted by atomic mass is 16.2. The van der Waals surface area contributed by atoms with Gasteiger partial charge in [-0.15, -0.1) is 0 Å². The fraction of sp³-hybridized carbons (Fsp3) is 0.917. The molecule has 16 heavy (non-hydrogen) atoms. The minimum absolute atomic E-state index is 0.0125. The van der Waals surface area contributed by atoms with Crippen molar-refractivity contribution in [1.82, 2.24) is 9.80 Å². The first-order valence-corrected chi connectivity index (χ1v) is 6.32. The van der Waals surface area contributed by atoms with E-state index < -0.39 is 0 Å². The maximum absolute atomic E-state index is 12.4. The number of carbonyl (C=O) groups excluding carboxylic acids is 1. The zero-order valence-electron chi connectivity index (χ0n) is 10.8. The van der Waals surface area contributed by atoms with Gasteiger partial charge in [0.15, 0.2) is 0 Å². The molecule has 94 valence electrons. The van der Waals surface area contributed by atoms with E-state index in [-0.39, 0.29) is 11.9 Å². The van der Waals surface area contributed by atoms with Crippen LogP contribution in [0.2, 0.25) is 0 Å². The Bertz CT molecular complexity index is 228. The summed E-state index contributed by atoms with van der Waals surface area (Å²) in [7, 11) is 2.03. The van der Waals surface area contributed by atoms with Crippen LogP contribution >= 0.6 is 0 Å². The molecule has 1 saturated heterocycles. The highest BCUT2D eigenvalue weighted by molar-refractivity contribution is 5.82. The number of amides is 1. The van der Waals surface area contributed by atoms with Gasteiger partial charge in [-0.25, -0.2) is 0 Å². The predicted octanol–water partition coefficient (Wildman–Crippen LogP) is 0.666. The summed E-state index contributed by atoms with van der Waals surface area (Å²) in [4.78, 5) is 16.6. The van der Waals surface area contributed by atoms with Crippen LogP contribution in [0.15, 0.2) is 0 Å². The zero-order chi connectivity index (χ0) is 12.1. The van der Waals surface area contributed by atoms with Gasteiger partial charge in [0.25, 0.3) is 0 Å². The van der Waals surface area contributed by atoms with Crippen LogP contribution in [0.3, 0.4) is 0 Å². The minimum Gasteiger partial charge on any atom is -0.339 e. The van der Waals surface area contributed by atoms with Gasteiger partial charge in [-0.05, 0) is 39.8 Å². The van der Waals surface area contributed by atoms with Crippen LogP contribution in [0.4, 0.5) is 0 Å². The van der Waals surface area contributed by atoms with Crippen molar-refractivity contribution in [3.05, 3.63) is 0 Å². The number of hydrogen-bond donors (Lipinski definition) is 1. The summed E-state index contributed by atoms with van der Waals surface area (Å²) >= 11 is 0. The second-order valence-corrected chi connectivity index (χ2v) is 4.72. The Kier molecular flexibility index (Phi) is 5.22. The number of nitrogens with zero attached hydrogens (tertiary/aromatic N) is 2. The van der Waals surface area contributed by atoms with Crippen molar-refractivity contribution < 1.29 is 4.79 Å². The maximum atomic E-state index is 12.4. The van der Waals surface area contributed by atoms with Crippen LogP contribution in [-0.2, 0) is 4.79 Å². The molecular formula is C12H25N3O. The molecule has 2 atom stereocenters. The molecule has 0 saturated carbocycles. The van der Waals surface area contributed by atoms with Gasteiger partial charge in [0.2, 0.25) is 5.91 Å². The predicted molar refractivity (Wildman–Crippen MR) is 66.2 cm³/mol. The zero-order valence-corrected chi connectivity index (χ0v) is 10.8. The first kappa shape index (κ1) is 13.5. The standard InChI is InChI=1S/C12H25N3O/c1-4-10(2)15-9-5-8-14(3)11(6-7-13)12(15)16/h10-11H,4-9,13H2,1-3H3. The van der Waals surface area contributed by atoms with E-state index in [0.717, 1.165) is 32.4 Å². The lowest BCUT2D eigenvalue weighted by Crippen LogP contribution is -2.48. The lowest BCUT2D eigenvalue weighted by atomic mass is 10.1. The van der Waals surface area contributed by atoms with Crippen LogP contribution in [-0.4, -0.2) is 54.5 Å². The molecule has 1 aliphatic rings. The van der Waals surface area contributed by atoms with Crippen molar-refractivity contribution in [3.63, 3.8) is 0 Å². The van der Waals surface area contributed by atoms with Gasteiger partial charge in [-0.3, -0.25) is 9.69 Å². The van der Waals surface area contributed by atoms with E-state index >= 15 is 0 Å². The average Bonchev–Trinajstić information content (AvgIpc) is 2.41. The fourth-order valence-corrected chi connectivity index (χ4v) is 2.30. The minimum atomic E-state index is -0.0125. The van der Waals surface area contributed by atoms with Crippen LogP contribution in [0, 0.1) is 0 Å². The Morgan fingerprint density at radius 2 is 2.19 bits per heavy atom. The summed E-state index contributed by atoms with van der Waals surface area (Å²) in [6, 6.07) is 0.334. The Balaban J connectivity index is 2.77. The number of rotatable bonds is 4. The van der Waals surface area contributed by atoms with Crippen molar-refractivity contribution in [1.29, 1.82) is 0 Å². The third-order valence-electron chi connectivity index (χ3n) is 3.57. The SMILES string of the molecule is CCC(C)N1CCCN(C)C(CCN)C1=O. The molecule has 1 amide bonds. The highest BCUT2D eigenvalue weighted by Crippen LogP contribution is 2.16. The van der Waals surface area contributed by atoms with Gasteiger partial charge < -0.3 is 10.6 Å². The van der Waals surface area contributed by atoms with Crippen molar-refractivity contribution in [2.75, 3.05) is 26.7 Å². The van der Waals surface area contributed by atoms with Crippen molar-refractivity contribution in [2.45, 2.75) is 45.2 Å². The maximum Gasteiger partial charge on any atom is 0.240 e. The molecule has 4 nitrogen and oxygen atoms in total. The average molecular weight is 227 g/mol. The number of likely N-dealkylation sites (N-methyl/N-ethyl adjacent to an activating group) is 1. The van der Waals surface area contributed by atoms with Gasteiger partial charge in [-0.1, -0.05) is 6.92 Å². The summed E-state index contributed by atoms with van der Waals surface area (Å²) in [5.74, 6) is 0.264. The molecular weight excluding hydrogens is 202 g/mol. The van der Waals surface area contributed by atoms with E-state index in [2.05, 4.69) is 18.7 Å². The molecule has 1 fully saturated rings. The summed E-state index contributed by atoms with van der Waals surface area (Å²) in [5, 5.41) is 0. The molecule has 2 N–H and O–H groups in total. The van der Waals surface area contributed by atoms with Gasteiger partial charge in [0.1, 0.15) is 0 Å². The Morgan fingerprint density at radius 3 is 2.75 bits per heavy atom. The molecule has 0 aliphatic carbocycles. The molecule has 0 aromatic rings. The first-order chi connectivity index (χ1) is 7.61. The van der Waals surface area contributed by atoms with E-state index in [0.29, 0.717) is 12.6 Å². The molecule has 0 radical (unpaired) electrons. The van der Waals surface area contributed by atoms with Gasteiger partial charge in [0.05, 0.1) is 6.04 Å².